The van der Waals surface area contributed by atoms with Crippen LogP contribution in [0, 0.1) is 11.3 Å². The summed E-state index contributed by atoms with van der Waals surface area (Å²) < 4.78 is 0. The molecule has 0 aliphatic heterocycles. The first-order valence-corrected chi connectivity index (χ1v) is 7.12. The van der Waals surface area contributed by atoms with Gasteiger partial charge >= 0.3 is 0 Å². The summed E-state index contributed by atoms with van der Waals surface area (Å²) in [6.45, 7) is 1.87. The molecule has 0 heterocycles. The molecule has 2 rings (SSSR count). The molecule has 22 heavy (non-hydrogen) atoms. The Bertz CT molecular complexity index is 660. The smallest absolute Gasteiger partial charge is 0.223 e. The number of hydrogen-bond acceptors (Lipinski definition) is 3. The number of aliphatic hydroxyl groups is 1. The van der Waals surface area contributed by atoms with Gasteiger partial charge in [0.15, 0.2) is 0 Å². The van der Waals surface area contributed by atoms with Crippen LogP contribution in [0.25, 0.3) is 0 Å². The Kier molecular flexibility index (Phi) is 5.29. The number of rotatable bonds is 5. The summed E-state index contributed by atoms with van der Waals surface area (Å²) in [5.41, 5.74) is 2.23. The number of hydrogen-bond donors (Lipinski definition) is 2. The largest absolute Gasteiger partial charge is 0.388 e. The van der Waals surface area contributed by atoms with Gasteiger partial charge in [-0.25, -0.2) is 0 Å². The molecule has 0 saturated heterocycles. The van der Waals surface area contributed by atoms with E-state index in [1.54, 1.807) is 24.3 Å². The molecule has 0 fully saturated rings. The van der Waals surface area contributed by atoms with Crippen molar-refractivity contribution < 1.29 is 9.90 Å². The molecule has 0 radical (unpaired) electrons. The molecule has 0 bridgehead atoms. The van der Waals surface area contributed by atoms with E-state index >= 15 is 0 Å². The van der Waals surface area contributed by atoms with Crippen LogP contribution in [0.5, 0.6) is 0 Å². The number of carbonyl (C=O) groups is 1. The molecule has 2 atom stereocenters. The topological polar surface area (TPSA) is 73.1 Å². The Morgan fingerprint density at radius 3 is 2.36 bits per heavy atom. The third-order valence-corrected chi connectivity index (χ3v) is 3.48. The molecule has 4 heteroatoms. The maximum atomic E-state index is 12.0. The van der Waals surface area contributed by atoms with Crippen LogP contribution in [-0.4, -0.2) is 11.0 Å². The van der Waals surface area contributed by atoms with Crippen LogP contribution in [0.1, 0.15) is 42.2 Å². The van der Waals surface area contributed by atoms with E-state index < -0.39 is 6.10 Å². The fourth-order valence-corrected chi connectivity index (χ4v) is 2.20. The minimum absolute atomic E-state index is 0.0185. The lowest BCUT2D eigenvalue weighted by molar-refractivity contribution is -0.123. The first-order valence-electron chi connectivity index (χ1n) is 7.12. The quantitative estimate of drug-likeness (QED) is 0.890. The molecule has 0 aromatic heterocycles. The average molecular weight is 294 g/mol. The number of nitriles is 1. The van der Waals surface area contributed by atoms with E-state index in [9.17, 15) is 9.90 Å². The molecule has 112 valence electrons. The highest BCUT2D eigenvalue weighted by atomic mass is 16.3. The van der Waals surface area contributed by atoms with E-state index in [2.05, 4.69) is 11.4 Å². The Morgan fingerprint density at radius 1 is 1.14 bits per heavy atom. The zero-order valence-electron chi connectivity index (χ0n) is 12.4. The molecule has 4 nitrogen and oxygen atoms in total. The van der Waals surface area contributed by atoms with E-state index in [-0.39, 0.29) is 18.4 Å². The van der Waals surface area contributed by atoms with Crippen molar-refractivity contribution in [1.29, 1.82) is 5.26 Å². The summed E-state index contributed by atoms with van der Waals surface area (Å²) in [5.74, 6) is -0.215. The number of amides is 1. The normalized spacial score (nSPS) is 13.0. The van der Waals surface area contributed by atoms with Gasteiger partial charge in [-0.15, -0.1) is 0 Å². The van der Waals surface area contributed by atoms with E-state index in [0.29, 0.717) is 5.56 Å². The van der Waals surface area contributed by atoms with Gasteiger partial charge in [-0.05, 0) is 30.2 Å². The van der Waals surface area contributed by atoms with Gasteiger partial charge in [0.05, 0.1) is 30.2 Å². The third-order valence-electron chi connectivity index (χ3n) is 3.48. The monoisotopic (exact) mass is 294 g/mol. The number of nitrogens with zero attached hydrogens (tertiary/aromatic N) is 1. The number of nitrogens with one attached hydrogen (secondary N) is 1. The van der Waals surface area contributed by atoms with Crippen molar-refractivity contribution in [1.82, 2.24) is 5.32 Å². The standard InChI is InChI=1S/C18H18N2O2/c1-13(15-9-7-14(12-19)8-10-15)20-18(22)11-17(21)16-5-3-2-4-6-16/h2-10,13,17,21H,11H2,1H3,(H,20,22). The predicted molar refractivity (Wildman–Crippen MR) is 83.7 cm³/mol. The lowest BCUT2D eigenvalue weighted by Gasteiger charge is -2.16. The second kappa shape index (κ2) is 7.39. The first-order chi connectivity index (χ1) is 10.6. The SMILES string of the molecule is CC(NC(=O)CC(O)c1ccccc1)c1ccc(C#N)cc1. The Hall–Kier alpha value is -2.64. The Morgan fingerprint density at radius 2 is 1.77 bits per heavy atom. The van der Waals surface area contributed by atoms with Crippen LogP contribution in [0.4, 0.5) is 0 Å². The second-order valence-corrected chi connectivity index (χ2v) is 5.15. The van der Waals surface area contributed by atoms with Crippen molar-refractivity contribution >= 4 is 5.91 Å². The molecule has 2 aromatic rings. The van der Waals surface area contributed by atoms with E-state index in [1.165, 1.54) is 0 Å². The van der Waals surface area contributed by atoms with Gasteiger partial charge in [0.25, 0.3) is 0 Å². The van der Waals surface area contributed by atoms with Crippen molar-refractivity contribution in [2.24, 2.45) is 0 Å². The highest BCUT2D eigenvalue weighted by molar-refractivity contribution is 5.77. The average Bonchev–Trinajstić information content (AvgIpc) is 2.55. The van der Waals surface area contributed by atoms with Crippen LogP contribution in [0.3, 0.4) is 0 Å². The minimum Gasteiger partial charge on any atom is -0.388 e. The Labute approximate surface area is 130 Å². The Balaban J connectivity index is 1.92. The lowest BCUT2D eigenvalue weighted by Crippen LogP contribution is -2.28. The van der Waals surface area contributed by atoms with Gasteiger partial charge in [-0.1, -0.05) is 42.5 Å². The fourth-order valence-electron chi connectivity index (χ4n) is 2.20. The molecule has 2 aromatic carbocycles. The molecular formula is C18H18N2O2. The van der Waals surface area contributed by atoms with Gasteiger partial charge in [0.1, 0.15) is 0 Å². The maximum Gasteiger partial charge on any atom is 0.223 e. The van der Waals surface area contributed by atoms with Crippen molar-refractivity contribution in [3.05, 3.63) is 71.3 Å². The highest BCUT2D eigenvalue weighted by Crippen LogP contribution is 2.18. The van der Waals surface area contributed by atoms with Gasteiger partial charge in [-0.3, -0.25) is 4.79 Å². The molecule has 2 N–H and O–H groups in total. The molecule has 1 amide bonds. The summed E-state index contributed by atoms with van der Waals surface area (Å²) in [6, 6.07) is 18.1. The van der Waals surface area contributed by atoms with E-state index in [1.807, 2.05) is 37.3 Å². The number of aliphatic hydroxyl groups excluding tert-OH is 1. The predicted octanol–water partition coefficient (Wildman–Crippen LogP) is 2.86. The van der Waals surface area contributed by atoms with Crippen LogP contribution in [0.15, 0.2) is 54.6 Å². The van der Waals surface area contributed by atoms with E-state index in [4.69, 9.17) is 5.26 Å². The van der Waals surface area contributed by atoms with Crippen molar-refractivity contribution in [3.63, 3.8) is 0 Å². The molecule has 0 spiro atoms. The summed E-state index contributed by atoms with van der Waals surface area (Å²) in [7, 11) is 0. The van der Waals surface area contributed by atoms with Crippen LogP contribution >= 0.6 is 0 Å². The molecule has 0 saturated carbocycles. The lowest BCUT2D eigenvalue weighted by atomic mass is 10.0. The van der Waals surface area contributed by atoms with Crippen LogP contribution in [0.2, 0.25) is 0 Å². The van der Waals surface area contributed by atoms with Gasteiger partial charge in [-0.2, -0.15) is 5.26 Å². The first kappa shape index (κ1) is 15.7. The zero-order valence-corrected chi connectivity index (χ0v) is 12.4. The third kappa shape index (κ3) is 4.18. The van der Waals surface area contributed by atoms with Gasteiger partial charge in [0, 0.05) is 0 Å². The summed E-state index contributed by atoms with van der Waals surface area (Å²) in [6.07, 6.45) is -0.792. The molecule has 0 aliphatic rings. The molecule has 0 aliphatic carbocycles. The van der Waals surface area contributed by atoms with Crippen molar-refractivity contribution in [3.8, 4) is 6.07 Å². The second-order valence-electron chi connectivity index (χ2n) is 5.15. The van der Waals surface area contributed by atoms with Gasteiger partial charge in [0.2, 0.25) is 5.91 Å². The van der Waals surface area contributed by atoms with Crippen LogP contribution in [-0.2, 0) is 4.79 Å². The molecule has 2 unspecified atom stereocenters. The van der Waals surface area contributed by atoms with Crippen LogP contribution < -0.4 is 5.32 Å². The summed E-state index contributed by atoms with van der Waals surface area (Å²) in [4.78, 5) is 12.0. The fraction of sp³-hybridized carbons (Fsp3) is 0.222. The van der Waals surface area contributed by atoms with Crippen molar-refractivity contribution in [2.45, 2.75) is 25.5 Å². The summed E-state index contributed by atoms with van der Waals surface area (Å²) >= 11 is 0. The van der Waals surface area contributed by atoms with E-state index in [0.717, 1.165) is 11.1 Å². The highest BCUT2D eigenvalue weighted by Gasteiger charge is 2.15. The molecular weight excluding hydrogens is 276 g/mol. The minimum atomic E-state index is -0.811. The van der Waals surface area contributed by atoms with Gasteiger partial charge < -0.3 is 10.4 Å². The van der Waals surface area contributed by atoms with Crippen molar-refractivity contribution in [2.75, 3.05) is 0 Å². The number of benzene rings is 2. The maximum absolute atomic E-state index is 12.0. The number of carbonyl (C=O) groups excluding carboxylic acids is 1. The summed E-state index contributed by atoms with van der Waals surface area (Å²) in [5, 5.41) is 21.7. The zero-order chi connectivity index (χ0) is 15.9.